The van der Waals surface area contributed by atoms with Crippen LogP contribution in [-0.4, -0.2) is 33.2 Å². The third-order valence-corrected chi connectivity index (χ3v) is 2.51. The number of hydrogen-bond donors (Lipinski definition) is 2. The van der Waals surface area contributed by atoms with Gasteiger partial charge >= 0.3 is 0 Å². The van der Waals surface area contributed by atoms with Gasteiger partial charge in [0.15, 0.2) is 5.82 Å². The summed E-state index contributed by atoms with van der Waals surface area (Å²) in [4.78, 5) is 11.3. The van der Waals surface area contributed by atoms with Crippen LogP contribution in [0, 0.1) is 5.92 Å². The van der Waals surface area contributed by atoms with Crippen molar-refractivity contribution in [1.29, 1.82) is 0 Å². The highest BCUT2D eigenvalue weighted by molar-refractivity contribution is 5.40. The van der Waals surface area contributed by atoms with Gasteiger partial charge in [0.25, 0.3) is 0 Å². The maximum absolute atomic E-state index is 5.15. The summed E-state index contributed by atoms with van der Waals surface area (Å²) in [7, 11) is 0. The second kappa shape index (κ2) is 3.47. The molecule has 1 saturated heterocycles. The third-order valence-electron chi connectivity index (χ3n) is 2.51. The van der Waals surface area contributed by atoms with Crippen molar-refractivity contribution in [2.24, 2.45) is 5.92 Å². The molecule has 0 radical (unpaired) electrons. The first kappa shape index (κ1) is 8.60. The van der Waals surface area contributed by atoms with Crippen LogP contribution in [0.5, 0.6) is 0 Å². The fourth-order valence-electron chi connectivity index (χ4n) is 1.56. The van der Waals surface area contributed by atoms with E-state index in [0.29, 0.717) is 23.5 Å². The minimum absolute atomic E-state index is 0.530. The Morgan fingerprint density at radius 1 is 1.47 bits per heavy atom. The minimum atomic E-state index is 0.530. The number of aromatic amines is 1. The van der Waals surface area contributed by atoms with E-state index in [9.17, 15) is 0 Å². The van der Waals surface area contributed by atoms with Crippen molar-refractivity contribution in [3.05, 3.63) is 18.3 Å². The lowest BCUT2D eigenvalue weighted by Crippen LogP contribution is -2.43. The molecule has 0 unspecified atom stereocenters. The Hall–Kier alpha value is -1.69. The molecule has 0 aliphatic carbocycles. The van der Waals surface area contributed by atoms with Crippen LogP contribution < -0.4 is 5.32 Å². The lowest BCUT2D eigenvalue weighted by Gasteiger charge is -2.25. The van der Waals surface area contributed by atoms with Gasteiger partial charge in [-0.15, -0.1) is 0 Å². The van der Waals surface area contributed by atoms with Crippen molar-refractivity contribution in [3.8, 4) is 11.6 Å². The zero-order valence-electron chi connectivity index (χ0n) is 8.10. The standard InChI is InChI=1S/C9H11N5O/c1-2-12-8(11-1)9-13-7(15-14-9)3-6-4-10-5-6/h1-2,6,10H,3-5H2,(H,11,12). The van der Waals surface area contributed by atoms with Crippen molar-refractivity contribution >= 4 is 0 Å². The van der Waals surface area contributed by atoms with Crippen LogP contribution in [0.25, 0.3) is 11.6 Å². The van der Waals surface area contributed by atoms with Gasteiger partial charge in [-0.05, 0) is 19.0 Å². The van der Waals surface area contributed by atoms with E-state index in [2.05, 4.69) is 25.4 Å². The van der Waals surface area contributed by atoms with Crippen LogP contribution in [0.15, 0.2) is 16.9 Å². The zero-order valence-corrected chi connectivity index (χ0v) is 8.10. The van der Waals surface area contributed by atoms with Gasteiger partial charge in [0.1, 0.15) is 0 Å². The van der Waals surface area contributed by atoms with Crippen LogP contribution in [0.3, 0.4) is 0 Å². The van der Waals surface area contributed by atoms with Gasteiger partial charge in [-0.25, -0.2) is 4.98 Å². The quantitative estimate of drug-likeness (QED) is 0.749. The Morgan fingerprint density at radius 3 is 3.07 bits per heavy atom. The topological polar surface area (TPSA) is 79.6 Å². The van der Waals surface area contributed by atoms with Crippen molar-refractivity contribution < 1.29 is 4.52 Å². The molecule has 0 bridgehead atoms. The summed E-state index contributed by atoms with van der Waals surface area (Å²) < 4.78 is 5.15. The number of aromatic nitrogens is 4. The van der Waals surface area contributed by atoms with Crippen molar-refractivity contribution in [3.63, 3.8) is 0 Å². The Bertz CT molecular complexity index is 431. The summed E-state index contributed by atoms with van der Waals surface area (Å²) in [6, 6.07) is 0. The lowest BCUT2D eigenvalue weighted by molar-refractivity contribution is 0.296. The van der Waals surface area contributed by atoms with Gasteiger partial charge in [-0.3, -0.25) is 0 Å². The van der Waals surface area contributed by atoms with Crippen molar-refractivity contribution in [1.82, 2.24) is 25.4 Å². The SMILES string of the molecule is c1c[nH]c(-c2noc(CC3CNC3)n2)n1. The van der Waals surface area contributed by atoms with E-state index in [0.717, 1.165) is 19.5 Å². The highest BCUT2D eigenvalue weighted by Gasteiger charge is 2.20. The average Bonchev–Trinajstić information content (AvgIpc) is 2.82. The van der Waals surface area contributed by atoms with Crippen LogP contribution in [0.2, 0.25) is 0 Å². The molecule has 2 aromatic rings. The van der Waals surface area contributed by atoms with Gasteiger partial charge in [-0.2, -0.15) is 4.98 Å². The Labute approximate surface area is 86.1 Å². The lowest BCUT2D eigenvalue weighted by atomic mass is 10.00. The number of H-pyrrole nitrogens is 1. The van der Waals surface area contributed by atoms with E-state index in [1.54, 1.807) is 12.4 Å². The van der Waals surface area contributed by atoms with Crippen LogP contribution >= 0.6 is 0 Å². The second-order valence-electron chi connectivity index (χ2n) is 3.68. The van der Waals surface area contributed by atoms with Crippen LogP contribution in [-0.2, 0) is 6.42 Å². The molecule has 1 aliphatic rings. The molecule has 15 heavy (non-hydrogen) atoms. The van der Waals surface area contributed by atoms with Gasteiger partial charge in [0, 0.05) is 18.8 Å². The fraction of sp³-hybridized carbons (Fsp3) is 0.444. The second-order valence-corrected chi connectivity index (χ2v) is 3.68. The van der Waals surface area contributed by atoms with E-state index < -0.39 is 0 Å². The number of rotatable bonds is 3. The fourth-order valence-corrected chi connectivity index (χ4v) is 1.56. The van der Waals surface area contributed by atoms with E-state index >= 15 is 0 Å². The molecular weight excluding hydrogens is 194 g/mol. The Kier molecular flexibility index (Phi) is 1.99. The van der Waals surface area contributed by atoms with E-state index in [4.69, 9.17) is 4.52 Å². The predicted octanol–water partition coefficient (Wildman–Crippen LogP) is 0.222. The Morgan fingerprint density at radius 2 is 2.40 bits per heavy atom. The molecule has 0 saturated carbocycles. The van der Waals surface area contributed by atoms with Gasteiger partial charge in [0.2, 0.25) is 11.7 Å². The molecule has 1 aliphatic heterocycles. The number of nitrogens with one attached hydrogen (secondary N) is 2. The summed E-state index contributed by atoms with van der Waals surface area (Å²) in [5.41, 5.74) is 0. The predicted molar refractivity (Wildman–Crippen MR) is 51.9 cm³/mol. The molecule has 3 heterocycles. The van der Waals surface area contributed by atoms with E-state index in [-0.39, 0.29) is 0 Å². The first-order chi connectivity index (χ1) is 7.42. The van der Waals surface area contributed by atoms with Crippen molar-refractivity contribution in [2.75, 3.05) is 13.1 Å². The zero-order chi connectivity index (χ0) is 10.1. The molecule has 3 rings (SSSR count). The maximum Gasteiger partial charge on any atom is 0.238 e. The first-order valence-corrected chi connectivity index (χ1v) is 4.95. The number of imidazole rings is 1. The number of hydrogen-bond acceptors (Lipinski definition) is 5. The summed E-state index contributed by atoms with van der Waals surface area (Å²) >= 11 is 0. The normalized spacial score (nSPS) is 16.5. The molecule has 6 heteroatoms. The molecule has 0 amide bonds. The molecule has 2 aromatic heterocycles. The summed E-state index contributed by atoms with van der Waals surface area (Å²) in [6.45, 7) is 2.08. The maximum atomic E-state index is 5.15. The average molecular weight is 205 g/mol. The van der Waals surface area contributed by atoms with Gasteiger partial charge < -0.3 is 14.8 Å². The molecule has 0 atom stereocenters. The molecule has 0 aromatic carbocycles. The van der Waals surface area contributed by atoms with Crippen LogP contribution in [0.4, 0.5) is 0 Å². The number of nitrogens with zero attached hydrogens (tertiary/aromatic N) is 3. The van der Waals surface area contributed by atoms with E-state index in [1.165, 1.54) is 0 Å². The smallest absolute Gasteiger partial charge is 0.238 e. The molecule has 0 spiro atoms. The molecular formula is C9H11N5O. The summed E-state index contributed by atoms with van der Waals surface area (Å²) in [5.74, 6) is 2.50. The Balaban J connectivity index is 1.75. The van der Waals surface area contributed by atoms with Gasteiger partial charge in [-0.1, -0.05) is 5.16 Å². The first-order valence-electron chi connectivity index (χ1n) is 4.95. The summed E-state index contributed by atoms with van der Waals surface area (Å²) in [5, 5.41) is 7.08. The largest absolute Gasteiger partial charge is 0.342 e. The highest BCUT2D eigenvalue weighted by Crippen LogP contribution is 2.14. The van der Waals surface area contributed by atoms with Gasteiger partial charge in [0.05, 0.1) is 0 Å². The molecule has 6 nitrogen and oxygen atoms in total. The minimum Gasteiger partial charge on any atom is -0.342 e. The highest BCUT2D eigenvalue weighted by atomic mass is 16.5. The summed E-state index contributed by atoms with van der Waals surface area (Å²) in [6.07, 6.45) is 4.25. The monoisotopic (exact) mass is 205 g/mol. The van der Waals surface area contributed by atoms with Crippen molar-refractivity contribution in [2.45, 2.75) is 6.42 Å². The molecule has 2 N–H and O–H groups in total. The van der Waals surface area contributed by atoms with Crippen LogP contribution in [0.1, 0.15) is 5.89 Å². The molecule has 78 valence electrons. The third kappa shape index (κ3) is 1.63. The molecule has 1 fully saturated rings. The van der Waals surface area contributed by atoms with E-state index in [1.807, 2.05) is 0 Å².